The van der Waals surface area contributed by atoms with Crippen LogP contribution < -0.4 is 15.4 Å². The number of rotatable bonds is 10. The minimum absolute atomic E-state index is 0.331. The van der Waals surface area contributed by atoms with Gasteiger partial charge in [0.05, 0.1) is 6.20 Å². The van der Waals surface area contributed by atoms with E-state index in [0.29, 0.717) is 24.5 Å². The van der Waals surface area contributed by atoms with E-state index in [1.165, 1.54) is 11.6 Å². The van der Waals surface area contributed by atoms with Crippen molar-refractivity contribution in [3.05, 3.63) is 96.1 Å². The normalized spacial score (nSPS) is 14.1. The number of nitrogens with one attached hydrogen (secondary N) is 2. The molecule has 0 atom stereocenters. The summed E-state index contributed by atoms with van der Waals surface area (Å²) in [5.74, 6) is 0.0835. The van der Waals surface area contributed by atoms with E-state index in [2.05, 4.69) is 39.2 Å². The zero-order chi connectivity index (χ0) is 22.9. The van der Waals surface area contributed by atoms with E-state index in [4.69, 9.17) is 4.74 Å². The minimum atomic E-state index is -0.378. The van der Waals surface area contributed by atoms with Crippen molar-refractivity contribution in [2.75, 3.05) is 39.3 Å². The molecule has 3 aromatic rings. The van der Waals surface area contributed by atoms with E-state index in [0.717, 1.165) is 56.1 Å². The fourth-order valence-corrected chi connectivity index (χ4v) is 3.85. The number of allylic oxidation sites excluding steroid dienone is 1. The second-order valence-electron chi connectivity index (χ2n) is 8.26. The Morgan fingerprint density at radius 3 is 2.55 bits per heavy atom. The molecule has 0 radical (unpaired) electrons. The molecule has 0 amide bonds. The maximum atomic E-state index is 14.7. The standard InChI is InChI=1S/C27H31FN4O/c1-21(30-19-23-5-3-2-4-6-23)17-22-7-9-24(10-8-22)27-26(28)18-25(20-31-27)33-16-15-32-13-11-29-12-14-32/h2-10,18,20,29-30H,1,11-17,19H2. The number of aromatic nitrogens is 1. The highest BCUT2D eigenvalue weighted by molar-refractivity contribution is 5.60. The molecule has 172 valence electrons. The van der Waals surface area contributed by atoms with Gasteiger partial charge in [0.25, 0.3) is 0 Å². The molecule has 0 aliphatic carbocycles. The molecule has 0 bridgehead atoms. The molecule has 33 heavy (non-hydrogen) atoms. The van der Waals surface area contributed by atoms with E-state index in [1.807, 2.05) is 42.5 Å². The zero-order valence-electron chi connectivity index (χ0n) is 18.9. The number of hydrogen-bond acceptors (Lipinski definition) is 5. The number of hydrogen-bond donors (Lipinski definition) is 2. The fourth-order valence-electron chi connectivity index (χ4n) is 3.85. The summed E-state index contributed by atoms with van der Waals surface area (Å²) in [5.41, 5.74) is 4.34. The molecule has 6 heteroatoms. The molecule has 4 rings (SSSR count). The van der Waals surface area contributed by atoms with Crippen LogP contribution in [0.1, 0.15) is 11.1 Å². The highest BCUT2D eigenvalue weighted by Crippen LogP contribution is 2.24. The van der Waals surface area contributed by atoms with Gasteiger partial charge in [0.15, 0.2) is 5.82 Å². The quantitative estimate of drug-likeness (QED) is 0.493. The Hall–Kier alpha value is -3.22. The van der Waals surface area contributed by atoms with Crippen molar-refractivity contribution in [3.63, 3.8) is 0 Å². The van der Waals surface area contributed by atoms with Gasteiger partial charge in [0, 0.05) is 63.0 Å². The first-order chi connectivity index (χ1) is 16.2. The Balaban J connectivity index is 1.28. The summed E-state index contributed by atoms with van der Waals surface area (Å²) in [6.07, 6.45) is 2.31. The predicted molar refractivity (Wildman–Crippen MR) is 131 cm³/mol. The number of piperazine rings is 1. The average molecular weight is 447 g/mol. The summed E-state index contributed by atoms with van der Waals surface area (Å²) in [6, 6.07) is 19.4. The number of ether oxygens (including phenoxy) is 1. The third kappa shape index (κ3) is 6.88. The molecule has 2 N–H and O–H groups in total. The van der Waals surface area contributed by atoms with Gasteiger partial charge in [-0.25, -0.2) is 9.37 Å². The van der Waals surface area contributed by atoms with Crippen LogP contribution >= 0.6 is 0 Å². The molecule has 1 aliphatic heterocycles. The van der Waals surface area contributed by atoms with Gasteiger partial charge in [-0.3, -0.25) is 4.90 Å². The predicted octanol–water partition coefficient (Wildman–Crippen LogP) is 4.02. The van der Waals surface area contributed by atoms with Gasteiger partial charge in [-0.2, -0.15) is 0 Å². The van der Waals surface area contributed by atoms with Gasteiger partial charge in [-0.15, -0.1) is 0 Å². The minimum Gasteiger partial charge on any atom is -0.491 e. The van der Waals surface area contributed by atoms with E-state index in [1.54, 1.807) is 6.20 Å². The van der Waals surface area contributed by atoms with E-state index in [-0.39, 0.29) is 5.82 Å². The second kappa shape index (κ2) is 11.6. The van der Waals surface area contributed by atoms with Crippen LogP contribution in [0.15, 0.2) is 79.1 Å². The van der Waals surface area contributed by atoms with Crippen molar-refractivity contribution in [1.29, 1.82) is 0 Å². The van der Waals surface area contributed by atoms with Crippen LogP contribution in [0.3, 0.4) is 0 Å². The first-order valence-electron chi connectivity index (χ1n) is 11.4. The van der Waals surface area contributed by atoms with Crippen molar-refractivity contribution in [2.45, 2.75) is 13.0 Å². The van der Waals surface area contributed by atoms with Crippen molar-refractivity contribution >= 4 is 0 Å². The molecule has 0 spiro atoms. The van der Waals surface area contributed by atoms with Gasteiger partial charge >= 0.3 is 0 Å². The number of nitrogens with zero attached hydrogens (tertiary/aromatic N) is 2. The lowest BCUT2D eigenvalue weighted by Crippen LogP contribution is -2.44. The van der Waals surface area contributed by atoms with Crippen molar-refractivity contribution in [1.82, 2.24) is 20.5 Å². The van der Waals surface area contributed by atoms with Crippen LogP contribution in [0, 0.1) is 5.82 Å². The molecule has 1 aromatic heterocycles. The molecular weight excluding hydrogens is 415 g/mol. The summed E-state index contributed by atoms with van der Waals surface area (Å²) in [4.78, 5) is 6.65. The lowest BCUT2D eigenvalue weighted by molar-refractivity contribution is 0.191. The fraction of sp³-hybridized carbons (Fsp3) is 0.296. The monoisotopic (exact) mass is 446 g/mol. The lowest BCUT2D eigenvalue weighted by atomic mass is 10.0. The smallest absolute Gasteiger partial charge is 0.153 e. The first-order valence-corrected chi connectivity index (χ1v) is 11.4. The SMILES string of the molecule is C=C(Cc1ccc(-c2ncc(OCCN3CCNCC3)cc2F)cc1)NCc1ccccc1. The maximum absolute atomic E-state index is 14.7. The van der Waals surface area contributed by atoms with Crippen LogP contribution in [0.4, 0.5) is 4.39 Å². The third-order valence-electron chi connectivity index (χ3n) is 5.73. The molecular formula is C27H31FN4O. The van der Waals surface area contributed by atoms with Gasteiger partial charge in [-0.1, -0.05) is 61.2 Å². The molecule has 1 fully saturated rings. The van der Waals surface area contributed by atoms with Crippen LogP contribution in [0.5, 0.6) is 5.75 Å². The number of benzene rings is 2. The molecule has 0 unspecified atom stereocenters. The highest BCUT2D eigenvalue weighted by atomic mass is 19.1. The van der Waals surface area contributed by atoms with Crippen LogP contribution in [0.25, 0.3) is 11.3 Å². The largest absolute Gasteiger partial charge is 0.491 e. The summed E-state index contributed by atoms with van der Waals surface area (Å²) < 4.78 is 20.4. The van der Waals surface area contributed by atoms with Crippen molar-refractivity contribution < 1.29 is 9.13 Å². The average Bonchev–Trinajstić information content (AvgIpc) is 2.85. The van der Waals surface area contributed by atoms with E-state index >= 15 is 0 Å². The Bertz CT molecular complexity index is 1030. The molecule has 1 aliphatic rings. The van der Waals surface area contributed by atoms with Crippen molar-refractivity contribution in [3.8, 4) is 17.0 Å². The van der Waals surface area contributed by atoms with Gasteiger partial charge in [0.1, 0.15) is 18.1 Å². The highest BCUT2D eigenvalue weighted by Gasteiger charge is 2.11. The van der Waals surface area contributed by atoms with Gasteiger partial charge in [-0.05, 0) is 11.1 Å². The second-order valence-corrected chi connectivity index (χ2v) is 8.26. The summed E-state index contributed by atoms with van der Waals surface area (Å²) >= 11 is 0. The molecule has 2 aromatic carbocycles. The van der Waals surface area contributed by atoms with Crippen LogP contribution in [-0.2, 0) is 13.0 Å². The van der Waals surface area contributed by atoms with E-state index in [9.17, 15) is 4.39 Å². The molecule has 1 saturated heterocycles. The Morgan fingerprint density at radius 2 is 1.82 bits per heavy atom. The zero-order valence-corrected chi connectivity index (χ0v) is 18.9. The lowest BCUT2D eigenvalue weighted by Gasteiger charge is -2.26. The van der Waals surface area contributed by atoms with Crippen molar-refractivity contribution in [2.24, 2.45) is 0 Å². The summed E-state index contributed by atoms with van der Waals surface area (Å²) in [5, 5.41) is 6.69. The number of halogens is 1. The van der Waals surface area contributed by atoms with Crippen LogP contribution in [-0.4, -0.2) is 49.2 Å². The van der Waals surface area contributed by atoms with Gasteiger partial charge < -0.3 is 15.4 Å². The molecule has 0 saturated carbocycles. The molecule has 5 nitrogen and oxygen atoms in total. The first kappa shape index (κ1) is 23.0. The summed E-state index contributed by atoms with van der Waals surface area (Å²) in [7, 11) is 0. The summed E-state index contributed by atoms with van der Waals surface area (Å²) in [6.45, 7) is 10.3. The Kier molecular flexibility index (Phi) is 8.06. The topological polar surface area (TPSA) is 49.4 Å². The molecule has 2 heterocycles. The van der Waals surface area contributed by atoms with E-state index < -0.39 is 0 Å². The van der Waals surface area contributed by atoms with Gasteiger partial charge in [0.2, 0.25) is 0 Å². The Labute approximate surface area is 195 Å². The van der Waals surface area contributed by atoms with Crippen LogP contribution in [0.2, 0.25) is 0 Å². The Morgan fingerprint density at radius 1 is 1.06 bits per heavy atom. The maximum Gasteiger partial charge on any atom is 0.153 e. The number of pyridine rings is 1. The third-order valence-corrected chi connectivity index (χ3v) is 5.73.